The van der Waals surface area contributed by atoms with E-state index in [-0.39, 0.29) is 11.4 Å². The molecule has 0 fully saturated rings. The van der Waals surface area contributed by atoms with Crippen molar-refractivity contribution >= 4 is 27.3 Å². The lowest BCUT2D eigenvalue weighted by Gasteiger charge is -2.31. The highest BCUT2D eigenvalue weighted by atomic mass is 32.2. The molecule has 1 aliphatic heterocycles. The van der Waals surface area contributed by atoms with Gasteiger partial charge in [-0.3, -0.25) is 9.10 Å². The minimum Gasteiger partial charge on any atom is -0.495 e. The van der Waals surface area contributed by atoms with Crippen LogP contribution in [0, 0.1) is 6.92 Å². The van der Waals surface area contributed by atoms with E-state index in [2.05, 4.69) is 5.32 Å². The van der Waals surface area contributed by atoms with Crippen molar-refractivity contribution in [2.45, 2.75) is 11.8 Å². The molecular formula is C22H20N2O4S. The van der Waals surface area contributed by atoms with Crippen LogP contribution in [-0.4, -0.2) is 28.0 Å². The van der Waals surface area contributed by atoms with Crippen molar-refractivity contribution in [3.63, 3.8) is 0 Å². The van der Waals surface area contributed by atoms with Gasteiger partial charge in [0.15, 0.2) is 0 Å². The molecule has 6 nitrogen and oxygen atoms in total. The molecule has 0 saturated heterocycles. The average Bonchev–Trinajstić information content (AvgIpc) is 2.72. The highest BCUT2D eigenvalue weighted by Gasteiger charge is 2.35. The third kappa shape index (κ3) is 3.34. The fraction of sp³-hybridized carbons (Fsp3) is 0.136. The van der Waals surface area contributed by atoms with E-state index in [0.717, 1.165) is 15.4 Å². The summed E-state index contributed by atoms with van der Waals surface area (Å²) >= 11 is 0. The molecule has 0 saturated carbocycles. The Morgan fingerprint density at radius 2 is 1.72 bits per heavy atom. The van der Waals surface area contributed by atoms with Crippen molar-refractivity contribution in [1.29, 1.82) is 0 Å². The van der Waals surface area contributed by atoms with Gasteiger partial charge in [0.25, 0.3) is 10.0 Å². The molecule has 0 atom stereocenters. The van der Waals surface area contributed by atoms with Crippen LogP contribution in [0.1, 0.15) is 5.56 Å². The number of carbonyl (C=O) groups excluding carboxylic acids is 1. The molecule has 0 bridgehead atoms. The van der Waals surface area contributed by atoms with Crippen LogP contribution >= 0.6 is 0 Å². The molecule has 1 aliphatic rings. The van der Waals surface area contributed by atoms with Crippen LogP contribution < -0.4 is 14.4 Å². The van der Waals surface area contributed by atoms with Crippen molar-refractivity contribution in [3.05, 3.63) is 72.3 Å². The van der Waals surface area contributed by atoms with Gasteiger partial charge in [0, 0.05) is 11.1 Å². The van der Waals surface area contributed by atoms with E-state index in [0.29, 0.717) is 22.7 Å². The van der Waals surface area contributed by atoms with Gasteiger partial charge in [-0.2, -0.15) is 0 Å². The van der Waals surface area contributed by atoms with Crippen LogP contribution in [0.5, 0.6) is 5.75 Å². The number of hydrogen-bond donors (Lipinski definition) is 1. The number of benzene rings is 3. The van der Waals surface area contributed by atoms with Crippen LogP contribution in [0.25, 0.3) is 11.1 Å². The smallest absolute Gasteiger partial charge is 0.265 e. The van der Waals surface area contributed by atoms with Gasteiger partial charge in [-0.15, -0.1) is 0 Å². The van der Waals surface area contributed by atoms with Crippen molar-refractivity contribution in [1.82, 2.24) is 0 Å². The van der Waals surface area contributed by atoms with E-state index in [1.807, 2.05) is 25.1 Å². The lowest BCUT2D eigenvalue weighted by atomic mass is 10.0. The van der Waals surface area contributed by atoms with Gasteiger partial charge in [0.1, 0.15) is 12.3 Å². The number of anilines is 2. The Morgan fingerprint density at radius 1 is 1.00 bits per heavy atom. The predicted molar refractivity (Wildman–Crippen MR) is 113 cm³/mol. The zero-order valence-corrected chi connectivity index (χ0v) is 16.9. The first-order chi connectivity index (χ1) is 13.9. The first-order valence-electron chi connectivity index (χ1n) is 9.07. The number of ether oxygens (including phenoxy) is 1. The summed E-state index contributed by atoms with van der Waals surface area (Å²) in [6.07, 6.45) is 0. The molecule has 1 amide bonds. The monoisotopic (exact) mass is 408 g/mol. The summed E-state index contributed by atoms with van der Waals surface area (Å²) in [6, 6.07) is 19.4. The summed E-state index contributed by atoms with van der Waals surface area (Å²) in [5.74, 6) is 0.0488. The minimum absolute atomic E-state index is 0.197. The molecule has 7 heteroatoms. The largest absolute Gasteiger partial charge is 0.495 e. The summed E-state index contributed by atoms with van der Waals surface area (Å²) in [5, 5.41) is 2.74. The Kier molecular flexibility index (Phi) is 4.76. The third-order valence-corrected chi connectivity index (χ3v) is 6.65. The second-order valence-corrected chi connectivity index (χ2v) is 8.61. The normalized spacial score (nSPS) is 13.9. The molecule has 0 aromatic heterocycles. The fourth-order valence-corrected chi connectivity index (χ4v) is 5.13. The molecule has 1 N–H and O–H groups in total. The first kappa shape index (κ1) is 19.0. The predicted octanol–water partition coefficient (Wildman–Crippen LogP) is 3.82. The zero-order valence-electron chi connectivity index (χ0n) is 16.0. The lowest BCUT2D eigenvalue weighted by molar-refractivity contribution is -0.114. The Hall–Kier alpha value is -3.32. The number of amides is 1. The summed E-state index contributed by atoms with van der Waals surface area (Å²) in [6.45, 7) is 1.61. The van der Waals surface area contributed by atoms with Crippen molar-refractivity contribution in [3.8, 4) is 16.9 Å². The molecule has 29 heavy (non-hydrogen) atoms. The second-order valence-electron chi connectivity index (χ2n) is 6.78. The van der Waals surface area contributed by atoms with E-state index in [1.54, 1.807) is 48.5 Å². The zero-order chi connectivity index (χ0) is 20.6. The average molecular weight is 408 g/mol. The van der Waals surface area contributed by atoms with Gasteiger partial charge in [-0.25, -0.2) is 8.42 Å². The van der Waals surface area contributed by atoms with E-state index < -0.39 is 15.9 Å². The molecule has 0 aliphatic carbocycles. The molecule has 1 heterocycles. The number of hydrogen-bond acceptors (Lipinski definition) is 4. The quantitative estimate of drug-likeness (QED) is 0.712. The lowest BCUT2D eigenvalue weighted by Crippen LogP contribution is -2.40. The summed E-state index contributed by atoms with van der Waals surface area (Å²) in [7, 11) is -2.36. The van der Waals surface area contributed by atoms with Gasteiger partial charge < -0.3 is 10.1 Å². The fourth-order valence-electron chi connectivity index (χ4n) is 3.48. The number of rotatable bonds is 4. The van der Waals surface area contributed by atoms with Crippen LogP contribution in [0.3, 0.4) is 0 Å². The number of nitrogens with zero attached hydrogens (tertiary/aromatic N) is 1. The topological polar surface area (TPSA) is 75.7 Å². The van der Waals surface area contributed by atoms with Crippen molar-refractivity contribution < 1.29 is 17.9 Å². The third-order valence-electron chi connectivity index (χ3n) is 4.83. The number of sulfonamides is 1. The van der Waals surface area contributed by atoms with Crippen LogP contribution in [-0.2, 0) is 14.8 Å². The van der Waals surface area contributed by atoms with Gasteiger partial charge in [-0.1, -0.05) is 42.0 Å². The Morgan fingerprint density at radius 3 is 2.52 bits per heavy atom. The van der Waals surface area contributed by atoms with Gasteiger partial charge in [0.2, 0.25) is 5.91 Å². The maximum atomic E-state index is 13.3. The number of fused-ring (bicyclic) bond motifs is 3. The SMILES string of the molecule is COc1ccccc1NC(=O)CN1c2ccc(C)cc2-c2ccccc2S1(=O)=O. The molecule has 0 unspecified atom stereocenters. The number of aryl methyl sites for hydroxylation is 1. The van der Waals surface area contributed by atoms with Crippen molar-refractivity contribution in [2.75, 3.05) is 23.3 Å². The summed E-state index contributed by atoms with van der Waals surface area (Å²) < 4.78 is 33.0. The van der Waals surface area contributed by atoms with E-state index in [9.17, 15) is 13.2 Å². The molecule has 3 aromatic carbocycles. The standard InChI is InChI=1S/C22H20N2O4S/c1-15-11-12-19-17(13-15)16-7-3-6-10-21(16)29(26,27)24(19)14-22(25)23-18-8-4-5-9-20(18)28-2/h3-13H,14H2,1-2H3,(H,23,25). The Labute approximate surface area is 169 Å². The van der Waals surface area contributed by atoms with E-state index in [1.165, 1.54) is 7.11 Å². The van der Waals surface area contributed by atoms with Gasteiger partial charge in [-0.05, 0) is 37.3 Å². The Balaban J connectivity index is 1.73. The molecule has 148 valence electrons. The van der Waals surface area contributed by atoms with Crippen LogP contribution in [0.4, 0.5) is 11.4 Å². The summed E-state index contributed by atoms with van der Waals surface area (Å²) in [4.78, 5) is 12.9. The van der Waals surface area contributed by atoms with Crippen LogP contribution in [0.2, 0.25) is 0 Å². The van der Waals surface area contributed by atoms with Crippen molar-refractivity contribution in [2.24, 2.45) is 0 Å². The molecule has 0 radical (unpaired) electrons. The highest BCUT2D eigenvalue weighted by molar-refractivity contribution is 7.93. The van der Waals surface area contributed by atoms with E-state index >= 15 is 0 Å². The van der Waals surface area contributed by atoms with E-state index in [4.69, 9.17) is 4.74 Å². The number of methoxy groups -OCH3 is 1. The maximum Gasteiger partial charge on any atom is 0.265 e. The number of para-hydroxylation sites is 2. The van der Waals surface area contributed by atoms with Gasteiger partial charge in [0.05, 0.1) is 23.4 Å². The molecule has 3 aromatic rings. The maximum absolute atomic E-state index is 13.3. The molecule has 0 spiro atoms. The molecular weight excluding hydrogens is 388 g/mol. The summed E-state index contributed by atoms with van der Waals surface area (Å²) in [5.41, 5.74) is 3.42. The number of carbonyl (C=O) groups is 1. The highest BCUT2D eigenvalue weighted by Crippen LogP contribution is 2.43. The minimum atomic E-state index is -3.87. The first-order valence-corrected chi connectivity index (χ1v) is 10.5. The Bertz CT molecular complexity index is 1200. The second kappa shape index (κ2) is 7.25. The van der Waals surface area contributed by atoms with Crippen LogP contribution in [0.15, 0.2) is 71.6 Å². The molecule has 4 rings (SSSR count). The number of nitrogens with one attached hydrogen (secondary N) is 1. The van der Waals surface area contributed by atoms with Gasteiger partial charge >= 0.3 is 0 Å².